The normalized spacial score (nSPS) is 21.7. The van der Waals surface area contributed by atoms with E-state index in [1.165, 1.54) is 0 Å². The van der Waals surface area contributed by atoms with Crippen molar-refractivity contribution in [3.63, 3.8) is 0 Å². The zero-order valence-corrected chi connectivity index (χ0v) is 14.1. The van der Waals surface area contributed by atoms with Crippen molar-refractivity contribution in [3.8, 4) is 5.88 Å². The molecule has 0 aliphatic carbocycles. The SMILES string of the molecule is CC(C)Oc1nccnc1N1CCOC(C)(c2cnn(C)c2)C1. The Labute approximate surface area is 136 Å². The second-order valence-electron chi connectivity index (χ2n) is 6.26. The fraction of sp³-hybridized carbons (Fsp3) is 0.562. The highest BCUT2D eigenvalue weighted by molar-refractivity contribution is 5.49. The number of rotatable bonds is 4. The average molecular weight is 317 g/mol. The Kier molecular flexibility index (Phi) is 4.21. The van der Waals surface area contributed by atoms with Crippen molar-refractivity contribution >= 4 is 5.82 Å². The van der Waals surface area contributed by atoms with Crippen LogP contribution in [0.15, 0.2) is 24.8 Å². The first kappa shape index (κ1) is 15.7. The van der Waals surface area contributed by atoms with E-state index in [-0.39, 0.29) is 6.10 Å². The fourth-order valence-electron chi connectivity index (χ4n) is 2.76. The number of nitrogens with zero attached hydrogens (tertiary/aromatic N) is 5. The second kappa shape index (κ2) is 6.16. The molecule has 0 spiro atoms. The Morgan fingerprint density at radius 3 is 2.78 bits per heavy atom. The van der Waals surface area contributed by atoms with Crippen LogP contribution in [0, 0.1) is 0 Å². The maximum Gasteiger partial charge on any atom is 0.257 e. The van der Waals surface area contributed by atoms with Crippen LogP contribution in [0.3, 0.4) is 0 Å². The van der Waals surface area contributed by atoms with Gasteiger partial charge in [-0.1, -0.05) is 0 Å². The summed E-state index contributed by atoms with van der Waals surface area (Å²) in [5, 5.41) is 4.26. The van der Waals surface area contributed by atoms with Crippen LogP contribution in [0.5, 0.6) is 5.88 Å². The minimum Gasteiger partial charge on any atom is -0.472 e. The molecule has 1 atom stereocenters. The Balaban J connectivity index is 1.87. The van der Waals surface area contributed by atoms with Gasteiger partial charge in [-0.2, -0.15) is 5.10 Å². The summed E-state index contributed by atoms with van der Waals surface area (Å²) in [6, 6.07) is 0. The van der Waals surface area contributed by atoms with Crippen LogP contribution in [0.2, 0.25) is 0 Å². The number of aryl methyl sites for hydroxylation is 1. The van der Waals surface area contributed by atoms with Gasteiger partial charge in [-0.15, -0.1) is 0 Å². The van der Waals surface area contributed by atoms with Crippen LogP contribution in [-0.4, -0.2) is 45.5 Å². The van der Waals surface area contributed by atoms with E-state index >= 15 is 0 Å². The first-order chi connectivity index (χ1) is 11.0. The number of ether oxygens (including phenoxy) is 2. The standard InChI is InChI=1S/C16H23N5O2/c1-12(2)23-15-14(17-5-6-18-15)21-7-8-22-16(3,11-21)13-9-19-20(4)10-13/h5-6,9-10,12H,7-8,11H2,1-4H3. The first-order valence-electron chi connectivity index (χ1n) is 7.83. The summed E-state index contributed by atoms with van der Waals surface area (Å²) in [5.74, 6) is 1.33. The van der Waals surface area contributed by atoms with Crippen molar-refractivity contribution in [1.82, 2.24) is 19.7 Å². The number of hydrogen-bond acceptors (Lipinski definition) is 6. The van der Waals surface area contributed by atoms with Crippen LogP contribution < -0.4 is 9.64 Å². The third-order valence-electron chi connectivity index (χ3n) is 3.88. The first-order valence-corrected chi connectivity index (χ1v) is 7.83. The van der Waals surface area contributed by atoms with E-state index in [1.54, 1.807) is 17.1 Å². The molecule has 0 amide bonds. The molecule has 7 nitrogen and oxygen atoms in total. The van der Waals surface area contributed by atoms with Gasteiger partial charge in [-0.25, -0.2) is 9.97 Å². The molecule has 1 aliphatic rings. The number of hydrogen-bond donors (Lipinski definition) is 0. The summed E-state index contributed by atoms with van der Waals surface area (Å²) in [7, 11) is 1.91. The third kappa shape index (κ3) is 3.29. The molecule has 0 saturated carbocycles. The Bertz CT molecular complexity index is 672. The zero-order chi connectivity index (χ0) is 16.4. The van der Waals surface area contributed by atoms with Crippen LogP contribution in [0.4, 0.5) is 5.82 Å². The van der Waals surface area contributed by atoms with Crippen LogP contribution in [0.25, 0.3) is 0 Å². The highest BCUT2D eigenvalue weighted by Gasteiger charge is 2.36. The Hall–Kier alpha value is -2.15. The molecule has 0 bridgehead atoms. The molecule has 1 aliphatic heterocycles. The van der Waals surface area contributed by atoms with Gasteiger partial charge in [0.05, 0.1) is 25.5 Å². The fourth-order valence-corrected chi connectivity index (χ4v) is 2.76. The lowest BCUT2D eigenvalue weighted by Crippen LogP contribution is -2.48. The van der Waals surface area contributed by atoms with Crippen molar-refractivity contribution < 1.29 is 9.47 Å². The molecule has 3 rings (SSSR count). The van der Waals surface area contributed by atoms with E-state index in [0.29, 0.717) is 19.0 Å². The van der Waals surface area contributed by atoms with Crippen molar-refractivity contribution in [2.45, 2.75) is 32.5 Å². The van der Waals surface area contributed by atoms with Gasteiger partial charge in [0.2, 0.25) is 0 Å². The summed E-state index contributed by atoms with van der Waals surface area (Å²) in [5.41, 5.74) is 0.624. The van der Waals surface area contributed by atoms with Crippen LogP contribution in [0.1, 0.15) is 26.3 Å². The number of aromatic nitrogens is 4. The van der Waals surface area contributed by atoms with E-state index in [4.69, 9.17) is 9.47 Å². The van der Waals surface area contributed by atoms with E-state index < -0.39 is 5.60 Å². The van der Waals surface area contributed by atoms with Gasteiger partial charge in [0, 0.05) is 37.7 Å². The highest BCUT2D eigenvalue weighted by Crippen LogP contribution is 2.33. The number of anilines is 1. The molecule has 0 aromatic carbocycles. The lowest BCUT2D eigenvalue weighted by molar-refractivity contribution is -0.0470. The molecule has 1 unspecified atom stereocenters. The van der Waals surface area contributed by atoms with E-state index in [0.717, 1.165) is 17.9 Å². The highest BCUT2D eigenvalue weighted by atomic mass is 16.5. The second-order valence-corrected chi connectivity index (χ2v) is 6.26. The maximum absolute atomic E-state index is 6.05. The van der Waals surface area contributed by atoms with Crippen molar-refractivity contribution in [3.05, 3.63) is 30.4 Å². The molecule has 0 radical (unpaired) electrons. The van der Waals surface area contributed by atoms with Crippen LogP contribution >= 0.6 is 0 Å². The molecule has 1 saturated heterocycles. The predicted octanol–water partition coefficient (Wildman–Crippen LogP) is 1.75. The molecule has 7 heteroatoms. The minimum atomic E-state index is -0.431. The molecular weight excluding hydrogens is 294 g/mol. The molecule has 23 heavy (non-hydrogen) atoms. The van der Waals surface area contributed by atoms with Gasteiger partial charge >= 0.3 is 0 Å². The largest absolute Gasteiger partial charge is 0.472 e. The lowest BCUT2D eigenvalue weighted by Gasteiger charge is -2.40. The summed E-state index contributed by atoms with van der Waals surface area (Å²) >= 11 is 0. The third-order valence-corrected chi connectivity index (χ3v) is 3.88. The summed E-state index contributed by atoms with van der Waals surface area (Å²) in [6.45, 7) is 8.09. The molecule has 3 heterocycles. The summed E-state index contributed by atoms with van der Waals surface area (Å²) in [4.78, 5) is 11.0. The Morgan fingerprint density at radius 1 is 1.30 bits per heavy atom. The molecule has 1 fully saturated rings. The molecule has 124 valence electrons. The van der Waals surface area contributed by atoms with Gasteiger partial charge in [0.15, 0.2) is 5.82 Å². The summed E-state index contributed by atoms with van der Waals surface area (Å²) in [6.07, 6.45) is 7.25. The Morgan fingerprint density at radius 2 is 2.09 bits per heavy atom. The van der Waals surface area contributed by atoms with Gasteiger partial charge < -0.3 is 14.4 Å². The topological polar surface area (TPSA) is 65.3 Å². The van der Waals surface area contributed by atoms with Crippen LogP contribution in [-0.2, 0) is 17.4 Å². The molecule has 2 aromatic rings. The van der Waals surface area contributed by atoms with Gasteiger partial charge in [-0.05, 0) is 20.8 Å². The quantitative estimate of drug-likeness (QED) is 0.856. The lowest BCUT2D eigenvalue weighted by atomic mass is 9.97. The smallest absolute Gasteiger partial charge is 0.257 e. The predicted molar refractivity (Wildman–Crippen MR) is 86.5 cm³/mol. The van der Waals surface area contributed by atoms with Gasteiger partial charge in [0.1, 0.15) is 5.60 Å². The van der Waals surface area contributed by atoms with Gasteiger partial charge in [-0.3, -0.25) is 4.68 Å². The summed E-state index contributed by atoms with van der Waals surface area (Å²) < 4.78 is 13.6. The van der Waals surface area contributed by atoms with Gasteiger partial charge in [0.25, 0.3) is 5.88 Å². The van der Waals surface area contributed by atoms with E-state index in [1.807, 2.05) is 33.3 Å². The molecular formula is C16H23N5O2. The maximum atomic E-state index is 6.05. The number of morpholine rings is 1. The monoisotopic (exact) mass is 317 g/mol. The van der Waals surface area contributed by atoms with Crippen molar-refractivity contribution in [1.29, 1.82) is 0 Å². The van der Waals surface area contributed by atoms with E-state index in [2.05, 4.69) is 26.9 Å². The zero-order valence-electron chi connectivity index (χ0n) is 14.1. The molecule has 0 N–H and O–H groups in total. The average Bonchev–Trinajstić information content (AvgIpc) is 2.95. The van der Waals surface area contributed by atoms with Crippen molar-refractivity contribution in [2.24, 2.45) is 7.05 Å². The minimum absolute atomic E-state index is 0.0520. The van der Waals surface area contributed by atoms with Crippen molar-refractivity contribution in [2.75, 3.05) is 24.6 Å². The molecule has 2 aromatic heterocycles. The van der Waals surface area contributed by atoms with E-state index in [9.17, 15) is 0 Å².